The van der Waals surface area contributed by atoms with Crippen LogP contribution in [0.25, 0.3) is 22.0 Å². The van der Waals surface area contributed by atoms with Crippen molar-refractivity contribution in [2.45, 2.75) is 26.3 Å². The van der Waals surface area contributed by atoms with Gasteiger partial charge < -0.3 is 14.8 Å². The number of H-pyrrole nitrogens is 1. The highest BCUT2D eigenvalue weighted by molar-refractivity contribution is 5.96. The van der Waals surface area contributed by atoms with Crippen LogP contribution in [0.3, 0.4) is 0 Å². The van der Waals surface area contributed by atoms with Gasteiger partial charge in [0.05, 0.1) is 5.56 Å². The predicted molar refractivity (Wildman–Crippen MR) is 137 cm³/mol. The maximum Gasteiger partial charge on any atom is 0.277 e. The summed E-state index contributed by atoms with van der Waals surface area (Å²) in [5.74, 6) is -0.0885. The molecule has 9 nitrogen and oxygen atoms in total. The molecule has 3 heterocycles. The van der Waals surface area contributed by atoms with E-state index in [-0.39, 0.29) is 11.5 Å². The van der Waals surface area contributed by atoms with Crippen molar-refractivity contribution < 1.29 is 14.8 Å². The van der Waals surface area contributed by atoms with Crippen LogP contribution in [0.15, 0.2) is 54.9 Å². The van der Waals surface area contributed by atoms with Gasteiger partial charge in [-0.05, 0) is 41.8 Å². The summed E-state index contributed by atoms with van der Waals surface area (Å²) in [6.07, 6.45) is 4.54. The Morgan fingerprint density at radius 1 is 1.11 bits per heavy atom. The molecule has 3 N–H and O–H groups in total. The van der Waals surface area contributed by atoms with E-state index < -0.39 is 5.91 Å². The molecule has 0 unspecified atom stereocenters. The predicted octanol–water partition coefficient (Wildman–Crippen LogP) is 3.79. The molecule has 2 aromatic carbocycles. The molecule has 1 aliphatic heterocycles. The third-order valence-corrected chi connectivity index (χ3v) is 6.61. The topological polar surface area (TPSA) is 114 Å². The highest BCUT2D eigenvalue weighted by atomic mass is 16.5. The summed E-state index contributed by atoms with van der Waals surface area (Å²) in [5, 5.41) is 9.93. The standard InChI is InChI=1S/C27H28N6O3/c1-3-10-32(2)26(35)19-6-4-5-17(12-19)18-7-8-23-21(13-18)22-16-33(11-9-24(22)30-23)27-28-14-20(15-29-27)25(34)31-36/h4-8,12-15,30,36H,3,9-11,16H2,1-2H3,(H,31,34). The average molecular weight is 485 g/mol. The molecule has 0 saturated carbocycles. The van der Waals surface area contributed by atoms with Crippen LogP contribution in [0.2, 0.25) is 0 Å². The smallest absolute Gasteiger partial charge is 0.277 e. The number of benzene rings is 2. The monoisotopic (exact) mass is 484 g/mol. The first kappa shape index (κ1) is 23.5. The zero-order valence-electron chi connectivity index (χ0n) is 20.3. The molecule has 9 heteroatoms. The van der Waals surface area contributed by atoms with E-state index in [0.717, 1.165) is 48.0 Å². The number of rotatable bonds is 6. The molecule has 184 valence electrons. The molecule has 0 radical (unpaired) electrons. The van der Waals surface area contributed by atoms with E-state index >= 15 is 0 Å². The van der Waals surface area contributed by atoms with Crippen molar-refractivity contribution in [3.63, 3.8) is 0 Å². The van der Waals surface area contributed by atoms with E-state index in [4.69, 9.17) is 5.21 Å². The van der Waals surface area contributed by atoms with E-state index in [2.05, 4.69) is 45.0 Å². The minimum absolute atomic E-state index is 0.0249. The second kappa shape index (κ2) is 9.79. The Labute approximate surface area is 208 Å². The van der Waals surface area contributed by atoms with Gasteiger partial charge in [0.2, 0.25) is 5.95 Å². The molecule has 5 rings (SSSR count). The van der Waals surface area contributed by atoms with Crippen LogP contribution in [0.4, 0.5) is 5.95 Å². The molecule has 1 aliphatic rings. The zero-order valence-corrected chi connectivity index (χ0v) is 20.3. The van der Waals surface area contributed by atoms with Gasteiger partial charge in [-0.25, -0.2) is 15.4 Å². The fourth-order valence-electron chi connectivity index (χ4n) is 4.72. The molecule has 2 amide bonds. The largest absolute Gasteiger partial charge is 0.358 e. The molecule has 2 aromatic heterocycles. The summed E-state index contributed by atoms with van der Waals surface area (Å²) in [5.41, 5.74) is 7.96. The lowest BCUT2D eigenvalue weighted by Crippen LogP contribution is -2.31. The first-order valence-corrected chi connectivity index (χ1v) is 12.0. The molecule has 36 heavy (non-hydrogen) atoms. The molecule has 0 atom stereocenters. The first-order chi connectivity index (χ1) is 17.5. The van der Waals surface area contributed by atoms with Crippen LogP contribution in [0.5, 0.6) is 0 Å². The third kappa shape index (κ3) is 4.40. The normalized spacial score (nSPS) is 12.9. The van der Waals surface area contributed by atoms with Crippen molar-refractivity contribution in [3.8, 4) is 11.1 Å². The Kier molecular flexibility index (Phi) is 6.39. The number of anilines is 1. The lowest BCUT2D eigenvalue weighted by Gasteiger charge is -2.27. The number of aromatic nitrogens is 3. The van der Waals surface area contributed by atoms with Gasteiger partial charge in [0, 0.05) is 73.2 Å². The van der Waals surface area contributed by atoms with Gasteiger partial charge in [0.1, 0.15) is 0 Å². The zero-order chi connectivity index (χ0) is 25.2. The molecule has 0 saturated heterocycles. The molecule has 0 spiro atoms. The minimum Gasteiger partial charge on any atom is -0.358 e. The molecule has 4 aromatic rings. The Morgan fingerprint density at radius 3 is 2.64 bits per heavy atom. The fraction of sp³-hybridized carbons (Fsp3) is 0.259. The van der Waals surface area contributed by atoms with Gasteiger partial charge in [-0.3, -0.25) is 14.8 Å². The van der Waals surface area contributed by atoms with E-state index in [1.807, 2.05) is 31.3 Å². The number of hydroxylamine groups is 1. The number of hydrogen-bond donors (Lipinski definition) is 3. The Morgan fingerprint density at radius 2 is 1.89 bits per heavy atom. The van der Waals surface area contributed by atoms with Crippen molar-refractivity contribution in [1.82, 2.24) is 25.3 Å². The van der Waals surface area contributed by atoms with Crippen molar-refractivity contribution in [1.29, 1.82) is 0 Å². The van der Waals surface area contributed by atoms with E-state index in [9.17, 15) is 9.59 Å². The summed E-state index contributed by atoms with van der Waals surface area (Å²) in [4.78, 5) is 40.4. The number of carbonyl (C=O) groups is 2. The Bertz CT molecular complexity index is 1430. The van der Waals surface area contributed by atoms with Crippen LogP contribution < -0.4 is 10.4 Å². The van der Waals surface area contributed by atoms with Gasteiger partial charge in [-0.1, -0.05) is 25.1 Å². The highest BCUT2D eigenvalue weighted by Gasteiger charge is 2.23. The Balaban J connectivity index is 1.44. The van der Waals surface area contributed by atoms with Crippen molar-refractivity contribution in [2.75, 3.05) is 25.0 Å². The van der Waals surface area contributed by atoms with Crippen molar-refractivity contribution in [3.05, 3.63) is 77.2 Å². The number of nitrogens with zero attached hydrogens (tertiary/aromatic N) is 4. The maximum absolute atomic E-state index is 12.8. The Hall–Kier alpha value is -4.24. The molecular weight excluding hydrogens is 456 g/mol. The second-order valence-electron chi connectivity index (χ2n) is 9.03. The number of nitrogens with one attached hydrogen (secondary N) is 2. The van der Waals surface area contributed by atoms with Gasteiger partial charge in [-0.2, -0.15) is 0 Å². The average Bonchev–Trinajstić information content (AvgIpc) is 3.29. The van der Waals surface area contributed by atoms with Gasteiger partial charge >= 0.3 is 0 Å². The summed E-state index contributed by atoms with van der Waals surface area (Å²) in [6, 6.07) is 14.1. The SMILES string of the molecule is CCCN(C)C(=O)c1cccc(-c2ccc3[nH]c4c(c3c2)CN(c2ncc(C(=O)NO)cn2)CC4)c1. The minimum atomic E-state index is -0.644. The van der Waals surface area contributed by atoms with Crippen molar-refractivity contribution in [2.24, 2.45) is 0 Å². The van der Waals surface area contributed by atoms with Gasteiger partial charge in [-0.15, -0.1) is 0 Å². The molecule has 0 fully saturated rings. The van der Waals surface area contributed by atoms with E-state index in [0.29, 0.717) is 18.1 Å². The van der Waals surface area contributed by atoms with Gasteiger partial charge in [0.15, 0.2) is 0 Å². The molecule has 0 aliphatic carbocycles. The molecular formula is C27H28N6O3. The summed E-state index contributed by atoms with van der Waals surface area (Å²) in [7, 11) is 1.83. The third-order valence-electron chi connectivity index (χ3n) is 6.61. The summed E-state index contributed by atoms with van der Waals surface area (Å²) in [6.45, 7) is 4.16. The van der Waals surface area contributed by atoms with E-state index in [1.54, 1.807) is 10.4 Å². The van der Waals surface area contributed by atoms with E-state index in [1.165, 1.54) is 23.7 Å². The number of fused-ring (bicyclic) bond motifs is 3. The highest BCUT2D eigenvalue weighted by Crippen LogP contribution is 2.32. The van der Waals surface area contributed by atoms with Gasteiger partial charge in [0.25, 0.3) is 11.8 Å². The van der Waals surface area contributed by atoms with Crippen LogP contribution in [-0.4, -0.2) is 57.0 Å². The summed E-state index contributed by atoms with van der Waals surface area (Å²) < 4.78 is 0. The number of aromatic amines is 1. The number of hydrogen-bond acceptors (Lipinski definition) is 6. The second-order valence-corrected chi connectivity index (χ2v) is 9.03. The quantitative estimate of drug-likeness (QED) is 0.283. The van der Waals surface area contributed by atoms with Crippen molar-refractivity contribution >= 4 is 28.7 Å². The van der Waals surface area contributed by atoms with Crippen LogP contribution in [0.1, 0.15) is 45.3 Å². The summed E-state index contributed by atoms with van der Waals surface area (Å²) >= 11 is 0. The lowest BCUT2D eigenvalue weighted by atomic mass is 9.98. The first-order valence-electron chi connectivity index (χ1n) is 12.0. The van der Waals surface area contributed by atoms with Crippen LogP contribution in [-0.2, 0) is 13.0 Å². The lowest BCUT2D eigenvalue weighted by molar-refractivity contribution is 0.0705. The maximum atomic E-state index is 12.8. The molecule has 0 bridgehead atoms. The number of amides is 2. The fourth-order valence-corrected chi connectivity index (χ4v) is 4.72. The number of carbonyl (C=O) groups excluding carboxylic acids is 2. The van der Waals surface area contributed by atoms with Crippen LogP contribution >= 0.6 is 0 Å². The van der Waals surface area contributed by atoms with Crippen LogP contribution in [0, 0.1) is 0 Å².